The highest BCUT2D eigenvalue weighted by molar-refractivity contribution is 7.13. The molecule has 0 aliphatic rings. The summed E-state index contributed by atoms with van der Waals surface area (Å²) in [5.74, 6) is 0.894. The lowest BCUT2D eigenvalue weighted by Crippen LogP contribution is -1.82. The fourth-order valence-electron chi connectivity index (χ4n) is 1.79. The van der Waals surface area contributed by atoms with E-state index in [0.717, 1.165) is 5.75 Å². The number of ether oxygens (including phenoxy) is 1. The summed E-state index contributed by atoms with van der Waals surface area (Å²) in [7, 11) is 1.69. The lowest BCUT2D eigenvalue weighted by molar-refractivity contribution is 0.415. The minimum absolute atomic E-state index is 0.894. The number of fused-ring (bicyclic) bond motifs is 3. The molecule has 3 rings (SSSR count). The molecule has 0 saturated carbocycles. The molecule has 0 aliphatic heterocycles. The molecule has 0 amide bonds. The standard InChI is InChI=1S/C12H9NOS/c1-14-9-3-4-10-8(6-9)2-5-12-11(10)7-13-15-12/h2-7H,1H3. The van der Waals surface area contributed by atoms with Crippen LogP contribution >= 0.6 is 11.5 Å². The summed E-state index contributed by atoms with van der Waals surface area (Å²) in [6.07, 6.45) is 1.93. The van der Waals surface area contributed by atoms with Crippen molar-refractivity contribution in [3.63, 3.8) is 0 Å². The minimum Gasteiger partial charge on any atom is -0.497 e. The summed E-state index contributed by atoms with van der Waals surface area (Å²) in [6.45, 7) is 0. The van der Waals surface area contributed by atoms with Crippen LogP contribution in [0.25, 0.3) is 20.9 Å². The molecule has 0 unspecified atom stereocenters. The van der Waals surface area contributed by atoms with Gasteiger partial charge in [-0.1, -0.05) is 6.07 Å². The molecule has 1 aromatic heterocycles. The van der Waals surface area contributed by atoms with E-state index in [1.165, 1.54) is 32.4 Å². The Morgan fingerprint density at radius 3 is 2.93 bits per heavy atom. The van der Waals surface area contributed by atoms with Gasteiger partial charge in [0.15, 0.2) is 0 Å². The topological polar surface area (TPSA) is 22.1 Å². The van der Waals surface area contributed by atoms with Gasteiger partial charge in [-0.3, -0.25) is 0 Å². The van der Waals surface area contributed by atoms with E-state index in [4.69, 9.17) is 4.74 Å². The Kier molecular flexibility index (Phi) is 1.86. The van der Waals surface area contributed by atoms with Crippen LogP contribution in [0.15, 0.2) is 36.5 Å². The normalized spacial score (nSPS) is 11.0. The first-order valence-electron chi connectivity index (χ1n) is 4.69. The van der Waals surface area contributed by atoms with E-state index >= 15 is 0 Å². The van der Waals surface area contributed by atoms with Crippen LogP contribution in [-0.4, -0.2) is 11.5 Å². The summed E-state index contributed by atoms with van der Waals surface area (Å²) < 4.78 is 10.6. The van der Waals surface area contributed by atoms with Crippen molar-refractivity contribution in [2.45, 2.75) is 0 Å². The summed E-state index contributed by atoms with van der Waals surface area (Å²) in [5.41, 5.74) is 0. The number of nitrogens with zero attached hydrogens (tertiary/aromatic N) is 1. The van der Waals surface area contributed by atoms with Crippen LogP contribution in [-0.2, 0) is 0 Å². The van der Waals surface area contributed by atoms with Gasteiger partial charge in [-0.2, -0.15) is 4.37 Å². The molecule has 0 bridgehead atoms. The minimum atomic E-state index is 0.894. The highest BCUT2D eigenvalue weighted by Gasteiger charge is 2.03. The van der Waals surface area contributed by atoms with Gasteiger partial charge in [-0.05, 0) is 46.6 Å². The molecule has 2 aromatic carbocycles. The third-order valence-corrected chi connectivity index (χ3v) is 3.32. The van der Waals surface area contributed by atoms with Gasteiger partial charge in [-0.25, -0.2) is 0 Å². The monoisotopic (exact) mass is 215 g/mol. The smallest absolute Gasteiger partial charge is 0.119 e. The third kappa shape index (κ3) is 1.27. The summed E-state index contributed by atoms with van der Waals surface area (Å²) in [5, 5.41) is 3.66. The predicted molar refractivity (Wildman–Crippen MR) is 63.7 cm³/mol. The molecule has 2 nitrogen and oxygen atoms in total. The van der Waals surface area contributed by atoms with Crippen molar-refractivity contribution in [2.75, 3.05) is 7.11 Å². The van der Waals surface area contributed by atoms with Gasteiger partial charge in [0, 0.05) is 11.6 Å². The van der Waals surface area contributed by atoms with Crippen molar-refractivity contribution in [1.82, 2.24) is 4.37 Å². The molecule has 3 heteroatoms. The molecule has 0 radical (unpaired) electrons. The van der Waals surface area contributed by atoms with Crippen LogP contribution in [0, 0.1) is 0 Å². The van der Waals surface area contributed by atoms with Crippen LogP contribution in [0.4, 0.5) is 0 Å². The highest BCUT2D eigenvalue weighted by Crippen LogP contribution is 2.29. The summed E-state index contributed by atoms with van der Waals surface area (Å²) >= 11 is 1.53. The van der Waals surface area contributed by atoms with Crippen molar-refractivity contribution in [1.29, 1.82) is 0 Å². The van der Waals surface area contributed by atoms with Crippen molar-refractivity contribution in [3.8, 4) is 5.75 Å². The Bertz CT molecular complexity index is 630. The van der Waals surface area contributed by atoms with Crippen LogP contribution in [0.3, 0.4) is 0 Å². The van der Waals surface area contributed by atoms with E-state index in [0.29, 0.717) is 0 Å². The van der Waals surface area contributed by atoms with E-state index in [9.17, 15) is 0 Å². The molecule has 1 heterocycles. The Morgan fingerprint density at radius 2 is 2.07 bits per heavy atom. The molecule has 0 spiro atoms. The molecule has 0 atom stereocenters. The fraction of sp³-hybridized carbons (Fsp3) is 0.0833. The maximum absolute atomic E-state index is 5.20. The van der Waals surface area contributed by atoms with Gasteiger partial charge in [0.2, 0.25) is 0 Å². The van der Waals surface area contributed by atoms with Crippen LogP contribution in [0.5, 0.6) is 5.75 Å². The summed E-state index contributed by atoms with van der Waals surface area (Å²) in [4.78, 5) is 0. The molecule has 0 fully saturated rings. The SMILES string of the molecule is COc1ccc2c(ccc3sncc32)c1. The molecule has 74 valence electrons. The van der Waals surface area contributed by atoms with Gasteiger partial charge >= 0.3 is 0 Å². The zero-order valence-corrected chi connectivity index (χ0v) is 9.04. The number of aromatic nitrogens is 1. The van der Waals surface area contributed by atoms with Crippen molar-refractivity contribution < 1.29 is 4.74 Å². The third-order valence-electron chi connectivity index (χ3n) is 2.56. The van der Waals surface area contributed by atoms with Crippen LogP contribution in [0.1, 0.15) is 0 Å². The zero-order valence-electron chi connectivity index (χ0n) is 8.23. The van der Waals surface area contributed by atoms with E-state index in [-0.39, 0.29) is 0 Å². The fourth-order valence-corrected chi connectivity index (χ4v) is 2.45. The maximum atomic E-state index is 5.20. The first-order chi connectivity index (χ1) is 7.38. The van der Waals surface area contributed by atoms with Crippen molar-refractivity contribution in [3.05, 3.63) is 36.5 Å². The first-order valence-corrected chi connectivity index (χ1v) is 5.47. The van der Waals surface area contributed by atoms with Gasteiger partial charge in [-0.15, -0.1) is 0 Å². The number of benzene rings is 2. The van der Waals surface area contributed by atoms with Gasteiger partial charge in [0.25, 0.3) is 0 Å². The van der Waals surface area contributed by atoms with E-state index in [2.05, 4.69) is 22.6 Å². The van der Waals surface area contributed by atoms with E-state index in [1.54, 1.807) is 7.11 Å². The zero-order chi connectivity index (χ0) is 10.3. The van der Waals surface area contributed by atoms with Gasteiger partial charge < -0.3 is 4.74 Å². The Balaban J connectivity index is 2.44. The first kappa shape index (κ1) is 8.68. The predicted octanol–water partition coefficient (Wildman–Crippen LogP) is 3.46. The Morgan fingerprint density at radius 1 is 1.13 bits per heavy atom. The Hall–Kier alpha value is -1.61. The second-order valence-electron chi connectivity index (χ2n) is 3.39. The van der Waals surface area contributed by atoms with Crippen LogP contribution in [0.2, 0.25) is 0 Å². The van der Waals surface area contributed by atoms with Crippen molar-refractivity contribution >= 4 is 32.4 Å². The van der Waals surface area contributed by atoms with Gasteiger partial charge in [0.05, 0.1) is 11.8 Å². The molecular weight excluding hydrogens is 206 g/mol. The van der Waals surface area contributed by atoms with Crippen LogP contribution < -0.4 is 4.74 Å². The highest BCUT2D eigenvalue weighted by atomic mass is 32.1. The molecule has 0 aliphatic carbocycles. The average molecular weight is 215 g/mol. The lowest BCUT2D eigenvalue weighted by Gasteiger charge is -2.02. The number of methoxy groups -OCH3 is 1. The Labute approximate surface area is 91.3 Å². The molecule has 0 saturated heterocycles. The van der Waals surface area contributed by atoms with E-state index < -0.39 is 0 Å². The molecular formula is C12H9NOS. The van der Waals surface area contributed by atoms with Gasteiger partial charge in [0.1, 0.15) is 5.75 Å². The number of hydrogen-bond acceptors (Lipinski definition) is 3. The molecule has 15 heavy (non-hydrogen) atoms. The number of rotatable bonds is 1. The molecule has 3 aromatic rings. The molecule has 0 N–H and O–H groups in total. The average Bonchev–Trinajstić information content (AvgIpc) is 2.76. The second kappa shape index (κ2) is 3.21. The summed E-state index contributed by atoms with van der Waals surface area (Å²) in [6, 6.07) is 10.3. The largest absolute Gasteiger partial charge is 0.497 e. The number of hydrogen-bond donors (Lipinski definition) is 0. The van der Waals surface area contributed by atoms with E-state index in [1.807, 2.05) is 18.3 Å². The maximum Gasteiger partial charge on any atom is 0.119 e. The quantitative estimate of drug-likeness (QED) is 0.620. The second-order valence-corrected chi connectivity index (χ2v) is 4.22. The lowest BCUT2D eigenvalue weighted by atomic mass is 10.1. The van der Waals surface area contributed by atoms with Crippen molar-refractivity contribution in [2.24, 2.45) is 0 Å².